The number of halogens is 1. The van der Waals surface area contributed by atoms with Gasteiger partial charge < -0.3 is 9.30 Å². The van der Waals surface area contributed by atoms with Crippen LogP contribution in [0.15, 0.2) is 30.6 Å². The standard InChI is InChI=1S/C19H17ClN4O2/c1-10-16(14-7-12-5-6-21-19(20)18(12)23(14)3)22-24-9-13(11(2)25)8-15(26-4)17(10)24/h5-9H,1-4H3. The zero-order valence-corrected chi connectivity index (χ0v) is 15.6. The molecular weight excluding hydrogens is 352 g/mol. The van der Waals surface area contributed by atoms with Crippen LogP contribution in [0.3, 0.4) is 0 Å². The molecule has 0 bridgehead atoms. The van der Waals surface area contributed by atoms with Crippen molar-refractivity contribution in [3.8, 4) is 17.1 Å². The number of aryl methyl sites for hydroxylation is 2. The summed E-state index contributed by atoms with van der Waals surface area (Å²) in [6.45, 7) is 3.52. The molecule has 0 N–H and O–H groups in total. The summed E-state index contributed by atoms with van der Waals surface area (Å²) >= 11 is 6.27. The van der Waals surface area contributed by atoms with E-state index in [9.17, 15) is 4.79 Å². The fourth-order valence-corrected chi connectivity index (χ4v) is 3.65. The molecule has 0 atom stereocenters. The van der Waals surface area contributed by atoms with Gasteiger partial charge in [-0.05, 0) is 32.0 Å². The Morgan fingerprint density at radius 1 is 1.27 bits per heavy atom. The highest BCUT2D eigenvalue weighted by Crippen LogP contribution is 2.35. The fraction of sp³-hybridized carbons (Fsp3) is 0.211. The fourth-order valence-electron chi connectivity index (χ4n) is 3.36. The van der Waals surface area contributed by atoms with Crippen LogP contribution in [0.1, 0.15) is 22.8 Å². The van der Waals surface area contributed by atoms with E-state index in [1.54, 1.807) is 30.1 Å². The Morgan fingerprint density at radius 2 is 2.04 bits per heavy atom. The summed E-state index contributed by atoms with van der Waals surface area (Å²) in [5.41, 5.74) is 4.93. The van der Waals surface area contributed by atoms with Gasteiger partial charge in [0.25, 0.3) is 0 Å². The smallest absolute Gasteiger partial charge is 0.161 e. The van der Waals surface area contributed by atoms with Gasteiger partial charge in [0, 0.05) is 36.0 Å². The molecule has 4 aromatic rings. The lowest BCUT2D eigenvalue weighted by Crippen LogP contribution is -1.99. The van der Waals surface area contributed by atoms with E-state index in [2.05, 4.69) is 4.98 Å². The Labute approximate surface area is 155 Å². The zero-order valence-electron chi connectivity index (χ0n) is 14.9. The van der Waals surface area contributed by atoms with Crippen molar-refractivity contribution in [2.24, 2.45) is 7.05 Å². The number of hydrogen-bond acceptors (Lipinski definition) is 4. The molecule has 7 heteroatoms. The molecule has 0 radical (unpaired) electrons. The molecule has 6 nitrogen and oxygen atoms in total. The second-order valence-electron chi connectivity index (χ2n) is 6.25. The molecule has 4 rings (SSSR count). The van der Waals surface area contributed by atoms with E-state index in [1.807, 2.05) is 30.7 Å². The lowest BCUT2D eigenvalue weighted by atomic mass is 10.1. The van der Waals surface area contributed by atoms with Gasteiger partial charge in [0.15, 0.2) is 10.9 Å². The van der Waals surface area contributed by atoms with Crippen molar-refractivity contribution in [2.75, 3.05) is 7.11 Å². The summed E-state index contributed by atoms with van der Waals surface area (Å²) in [5.74, 6) is 0.578. The van der Waals surface area contributed by atoms with Gasteiger partial charge in [0.2, 0.25) is 0 Å². The third kappa shape index (κ3) is 2.29. The Morgan fingerprint density at radius 3 is 2.69 bits per heavy atom. The molecule has 132 valence electrons. The quantitative estimate of drug-likeness (QED) is 0.404. The van der Waals surface area contributed by atoms with Crippen molar-refractivity contribution in [3.63, 3.8) is 0 Å². The molecule has 0 saturated carbocycles. The van der Waals surface area contributed by atoms with E-state index in [1.165, 1.54) is 6.92 Å². The van der Waals surface area contributed by atoms with Crippen molar-refractivity contribution in [1.82, 2.24) is 19.2 Å². The van der Waals surface area contributed by atoms with E-state index < -0.39 is 0 Å². The maximum atomic E-state index is 11.8. The van der Waals surface area contributed by atoms with Crippen LogP contribution in [-0.4, -0.2) is 32.1 Å². The second-order valence-corrected chi connectivity index (χ2v) is 6.61. The van der Waals surface area contributed by atoms with E-state index >= 15 is 0 Å². The number of ether oxygens (including phenoxy) is 1. The van der Waals surface area contributed by atoms with Crippen LogP contribution in [0.25, 0.3) is 27.8 Å². The Bertz CT molecular complexity index is 1190. The van der Waals surface area contributed by atoms with Crippen LogP contribution in [0.2, 0.25) is 5.15 Å². The van der Waals surface area contributed by atoms with E-state index in [0.29, 0.717) is 16.5 Å². The number of pyridine rings is 2. The van der Waals surface area contributed by atoms with Crippen LogP contribution in [0, 0.1) is 6.92 Å². The van der Waals surface area contributed by atoms with Crippen molar-refractivity contribution in [1.29, 1.82) is 0 Å². The lowest BCUT2D eigenvalue weighted by molar-refractivity contribution is 0.101. The average molecular weight is 369 g/mol. The van der Waals surface area contributed by atoms with Gasteiger partial charge in [-0.1, -0.05) is 11.6 Å². The van der Waals surface area contributed by atoms with Crippen LogP contribution in [-0.2, 0) is 7.05 Å². The molecule has 0 aliphatic heterocycles. The minimum absolute atomic E-state index is 0.0395. The van der Waals surface area contributed by atoms with Gasteiger partial charge >= 0.3 is 0 Å². The molecule has 4 heterocycles. The molecule has 0 fully saturated rings. The Kier molecular flexibility index (Phi) is 3.73. The molecule has 0 amide bonds. The van der Waals surface area contributed by atoms with E-state index in [-0.39, 0.29) is 5.78 Å². The van der Waals surface area contributed by atoms with E-state index in [0.717, 1.165) is 33.4 Å². The lowest BCUT2D eigenvalue weighted by Gasteiger charge is -2.06. The van der Waals surface area contributed by atoms with Crippen LogP contribution in [0.5, 0.6) is 5.75 Å². The first-order valence-electron chi connectivity index (χ1n) is 8.10. The predicted molar refractivity (Wildman–Crippen MR) is 101 cm³/mol. The van der Waals surface area contributed by atoms with Crippen molar-refractivity contribution in [3.05, 3.63) is 46.9 Å². The molecule has 0 unspecified atom stereocenters. The molecule has 4 aromatic heterocycles. The number of carbonyl (C=O) groups excluding carboxylic acids is 1. The molecule has 0 aromatic carbocycles. The summed E-state index contributed by atoms with van der Waals surface area (Å²) in [6.07, 6.45) is 3.42. The van der Waals surface area contributed by atoms with Gasteiger partial charge in [-0.2, -0.15) is 5.10 Å². The number of nitrogens with zero attached hydrogens (tertiary/aromatic N) is 4. The topological polar surface area (TPSA) is 61.4 Å². The first-order chi connectivity index (χ1) is 12.4. The molecule has 0 aliphatic rings. The van der Waals surface area contributed by atoms with Gasteiger partial charge in [-0.3, -0.25) is 4.79 Å². The maximum absolute atomic E-state index is 11.8. The molecule has 0 spiro atoms. The third-order valence-electron chi connectivity index (χ3n) is 4.70. The van der Waals surface area contributed by atoms with Crippen LogP contribution in [0.4, 0.5) is 0 Å². The summed E-state index contributed by atoms with van der Waals surface area (Å²) in [4.78, 5) is 16.0. The molecule has 0 aliphatic carbocycles. The summed E-state index contributed by atoms with van der Waals surface area (Å²) in [7, 11) is 3.53. The minimum Gasteiger partial charge on any atom is -0.494 e. The number of carbonyl (C=O) groups is 1. The summed E-state index contributed by atoms with van der Waals surface area (Å²) < 4.78 is 9.20. The Balaban J connectivity index is 2.04. The summed E-state index contributed by atoms with van der Waals surface area (Å²) in [6, 6.07) is 5.71. The number of ketones is 1. The second kappa shape index (κ2) is 5.85. The number of aromatic nitrogens is 4. The average Bonchev–Trinajstić information content (AvgIpc) is 3.12. The van der Waals surface area contributed by atoms with Crippen molar-refractivity contribution < 1.29 is 9.53 Å². The predicted octanol–water partition coefficient (Wildman–Crippen LogP) is 4.06. The number of fused-ring (bicyclic) bond motifs is 2. The maximum Gasteiger partial charge on any atom is 0.161 e. The third-order valence-corrected chi connectivity index (χ3v) is 4.97. The SMILES string of the molecule is COc1cc(C(C)=O)cn2nc(-c3cc4ccnc(Cl)c4n3C)c(C)c12. The van der Waals surface area contributed by atoms with E-state index in [4.69, 9.17) is 21.4 Å². The summed E-state index contributed by atoms with van der Waals surface area (Å²) in [5, 5.41) is 6.17. The highest BCUT2D eigenvalue weighted by atomic mass is 35.5. The monoisotopic (exact) mass is 368 g/mol. The number of Topliss-reactive ketones (excluding diaryl/α,β-unsaturated/α-hetero) is 1. The van der Waals surface area contributed by atoms with Gasteiger partial charge in [0.1, 0.15) is 17.0 Å². The molecule has 0 saturated heterocycles. The van der Waals surface area contributed by atoms with Crippen LogP contribution >= 0.6 is 11.6 Å². The van der Waals surface area contributed by atoms with Gasteiger partial charge in [-0.15, -0.1) is 0 Å². The minimum atomic E-state index is -0.0395. The van der Waals surface area contributed by atoms with Gasteiger partial charge in [-0.25, -0.2) is 9.50 Å². The number of hydrogen-bond donors (Lipinski definition) is 0. The first kappa shape index (κ1) is 16.6. The van der Waals surface area contributed by atoms with Crippen molar-refractivity contribution >= 4 is 33.8 Å². The first-order valence-corrected chi connectivity index (χ1v) is 8.48. The zero-order chi connectivity index (χ0) is 18.6. The molecule has 26 heavy (non-hydrogen) atoms. The van der Waals surface area contributed by atoms with Crippen molar-refractivity contribution in [2.45, 2.75) is 13.8 Å². The van der Waals surface area contributed by atoms with Crippen LogP contribution < -0.4 is 4.74 Å². The number of methoxy groups -OCH3 is 1. The highest BCUT2D eigenvalue weighted by molar-refractivity contribution is 6.34. The normalized spacial score (nSPS) is 11.4. The largest absolute Gasteiger partial charge is 0.494 e. The molecular formula is C19H17ClN4O2. The number of rotatable bonds is 3. The Hall–Kier alpha value is -2.86. The highest BCUT2D eigenvalue weighted by Gasteiger charge is 2.20. The van der Waals surface area contributed by atoms with Gasteiger partial charge in [0.05, 0.1) is 18.3 Å².